The topological polar surface area (TPSA) is 55.9 Å². The first-order valence-electron chi connectivity index (χ1n) is 12.3. The SMILES string of the molecule is O=C(C1CCCC1)N1CCC(N2CCC(N3C(=O)NC4CCCCC43)CC2)CC1. The Morgan fingerprint density at radius 2 is 1.38 bits per heavy atom. The van der Waals surface area contributed by atoms with Crippen molar-refractivity contribution in [3.8, 4) is 0 Å². The van der Waals surface area contributed by atoms with E-state index in [0.717, 1.165) is 71.1 Å². The number of hydrogen-bond donors (Lipinski definition) is 1. The lowest BCUT2D eigenvalue weighted by molar-refractivity contribution is -0.137. The Morgan fingerprint density at radius 1 is 0.759 bits per heavy atom. The lowest BCUT2D eigenvalue weighted by atomic mass is 9.89. The molecule has 2 aliphatic carbocycles. The van der Waals surface area contributed by atoms with E-state index in [9.17, 15) is 9.59 Å². The molecule has 0 bridgehead atoms. The van der Waals surface area contributed by atoms with E-state index in [4.69, 9.17) is 0 Å². The van der Waals surface area contributed by atoms with E-state index in [-0.39, 0.29) is 6.03 Å². The first kappa shape index (κ1) is 19.7. The molecule has 3 aliphatic heterocycles. The number of urea groups is 1. The van der Waals surface area contributed by atoms with Gasteiger partial charge in [-0.1, -0.05) is 25.7 Å². The zero-order valence-electron chi connectivity index (χ0n) is 17.9. The highest BCUT2D eigenvalue weighted by molar-refractivity contribution is 5.79. The largest absolute Gasteiger partial charge is 0.342 e. The van der Waals surface area contributed by atoms with Gasteiger partial charge in [0.1, 0.15) is 0 Å². The molecule has 5 fully saturated rings. The van der Waals surface area contributed by atoms with Crippen molar-refractivity contribution in [3.63, 3.8) is 0 Å². The predicted molar refractivity (Wildman–Crippen MR) is 113 cm³/mol. The number of likely N-dealkylation sites (tertiary alicyclic amines) is 2. The number of hydrogen-bond acceptors (Lipinski definition) is 3. The van der Waals surface area contributed by atoms with E-state index in [1.54, 1.807) is 0 Å². The Hall–Kier alpha value is -1.30. The molecule has 162 valence electrons. The third kappa shape index (κ3) is 3.89. The van der Waals surface area contributed by atoms with E-state index < -0.39 is 0 Å². The van der Waals surface area contributed by atoms with Crippen LogP contribution in [-0.2, 0) is 4.79 Å². The minimum atomic E-state index is 0.194. The van der Waals surface area contributed by atoms with Crippen LogP contribution in [0.2, 0.25) is 0 Å². The third-order valence-electron chi connectivity index (χ3n) is 8.52. The molecule has 2 saturated carbocycles. The molecule has 2 atom stereocenters. The second kappa shape index (κ2) is 8.44. The van der Waals surface area contributed by atoms with Crippen molar-refractivity contribution >= 4 is 11.9 Å². The Kier molecular flexibility index (Phi) is 5.72. The van der Waals surface area contributed by atoms with Crippen molar-refractivity contribution in [2.75, 3.05) is 26.2 Å². The molecule has 5 rings (SSSR count). The average Bonchev–Trinajstić information content (AvgIpc) is 3.41. The number of amides is 3. The number of rotatable bonds is 3. The van der Waals surface area contributed by atoms with Gasteiger partial charge in [0, 0.05) is 44.2 Å². The monoisotopic (exact) mass is 402 g/mol. The summed E-state index contributed by atoms with van der Waals surface area (Å²) in [6.45, 7) is 4.09. The second-order valence-corrected chi connectivity index (χ2v) is 10.1. The van der Waals surface area contributed by atoms with Crippen molar-refractivity contribution in [2.24, 2.45) is 5.92 Å². The predicted octanol–water partition coefficient (Wildman–Crippen LogP) is 2.97. The number of piperidine rings is 2. The van der Waals surface area contributed by atoms with Crippen molar-refractivity contribution in [1.82, 2.24) is 20.0 Å². The van der Waals surface area contributed by atoms with Crippen LogP contribution < -0.4 is 5.32 Å². The van der Waals surface area contributed by atoms with Crippen LogP contribution in [0.4, 0.5) is 4.79 Å². The zero-order chi connectivity index (χ0) is 19.8. The molecule has 0 aromatic heterocycles. The summed E-state index contributed by atoms with van der Waals surface area (Å²) in [5.41, 5.74) is 0. The van der Waals surface area contributed by atoms with Crippen LogP contribution in [0.15, 0.2) is 0 Å². The van der Waals surface area contributed by atoms with Gasteiger partial charge in [-0.25, -0.2) is 4.79 Å². The van der Waals surface area contributed by atoms with Gasteiger partial charge in [0.15, 0.2) is 0 Å². The van der Waals surface area contributed by atoms with Gasteiger partial charge in [-0.05, 0) is 51.4 Å². The van der Waals surface area contributed by atoms with Crippen LogP contribution in [0.5, 0.6) is 0 Å². The zero-order valence-corrected chi connectivity index (χ0v) is 17.9. The van der Waals surface area contributed by atoms with Gasteiger partial charge < -0.3 is 20.0 Å². The minimum Gasteiger partial charge on any atom is -0.342 e. The van der Waals surface area contributed by atoms with Gasteiger partial charge in [0.05, 0.1) is 12.1 Å². The van der Waals surface area contributed by atoms with Crippen LogP contribution >= 0.6 is 0 Å². The number of carbonyl (C=O) groups excluding carboxylic acids is 2. The van der Waals surface area contributed by atoms with Gasteiger partial charge in [0.25, 0.3) is 0 Å². The Bertz CT molecular complexity index is 604. The van der Waals surface area contributed by atoms with Crippen molar-refractivity contribution in [3.05, 3.63) is 0 Å². The molecular formula is C23H38N4O2. The van der Waals surface area contributed by atoms with Crippen LogP contribution in [0, 0.1) is 5.92 Å². The maximum Gasteiger partial charge on any atom is 0.318 e. The molecule has 0 spiro atoms. The number of nitrogens with one attached hydrogen (secondary N) is 1. The third-order valence-corrected chi connectivity index (χ3v) is 8.52. The van der Waals surface area contributed by atoms with Gasteiger partial charge >= 0.3 is 6.03 Å². The van der Waals surface area contributed by atoms with Crippen molar-refractivity contribution in [1.29, 1.82) is 0 Å². The fraction of sp³-hybridized carbons (Fsp3) is 0.913. The van der Waals surface area contributed by atoms with Gasteiger partial charge in [-0.2, -0.15) is 0 Å². The molecule has 1 N–H and O–H groups in total. The molecule has 3 amide bonds. The van der Waals surface area contributed by atoms with Crippen molar-refractivity contribution in [2.45, 2.75) is 101 Å². The van der Waals surface area contributed by atoms with E-state index in [1.165, 1.54) is 32.1 Å². The van der Waals surface area contributed by atoms with Gasteiger partial charge in [0.2, 0.25) is 5.91 Å². The van der Waals surface area contributed by atoms with E-state index in [2.05, 4.69) is 20.0 Å². The van der Waals surface area contributed by atoms with Crippen LogP contribution in [0.3, 0.4) is 0 Å². The summed E-state index contributed by atoms with van der Waals surface area (Å²) < 4.78 is 0. The Labute approximate surface area is 175 Å². The molecule has 6 nitrogen and oxygen atoms in total. The van der Waals surface area contributed by atoms with E-state index >= 15 is 0 Å². The molecule has 0 aromatic carbocycles. The van der Waals surface area contributed by atoms with E-state index in [1.807, 2.05) is 0 Å². The van der Waals surface area contributed by atoms with Crippen LogP contribution in [-0.4, -0.2) is 77.0 Å². The summed E-state index contributed by atoms with van der Waals surface area (Å²) in [6.07, 6.45) is 14.0. The fourth-order valence-electron chi connectivity index (χ4n) is 6.84. The lowest BCUT2D eigenvalue weighted by Crippen LogP contribution is -2.54. The fourth-order valence-corrected chi connectivity index (χ4v) is 6.84. The Balaban J connectivity index is 1.10. The molecule has 29 heavy (non-hydrogen) atoms. The molecule has 2 unspecified atom stereocenters. The highest BCUT2D eigenvalue weighted by Crippen LogP contribution is 2.33. The quantitative estimate of drug-likeness (QED) is 0.790. The number of carbonyl (C=O) groups is 2. The summed E-state index contributed by atoms with van der Waals surface area (Å²) in [5, 5.41) is 3.25. The van der Waals surface area contributed by atoms with Crippen molar-refractivity contribution < 1.29 is 9.59 Å². The molecule has 5 aliphatic rings. The molecule has 6 heteroatoms. The van der Waals surface area contributed by atoms with Gasteiger partial charge in [-0.15, -0.1) is 0 Å². The van der Waals surface area contributed by atoms with Crippen LogP contribution in [0.1, 0.15) is 77.0 Å². The molecular weight excluding hydrogens is 364 g/mol. The number of nitrogens with zero attached hydrogens (tertiary/aromatic N) is 3. The van der Waals surface area contributed by atoms with Crippen LogP contribution in [0.25, 0.3) is 0 Å². The maximum atomic E-state index is 12.7. The smallest absolute Gasteiger partial charge is 0.318 e. The summed E-state index contributed by atoms with van der Waals surface area (Å²) in [5.74, 6) is 0.749. The molecule has 3 heterocycles. The highest BCUT2D eigenvalue weighted by atomic mass is 16.2. The Morgan fingerprint density at radius 3 is 2.10 bits per heavy atom. The molecule has 0 radical (unpaired) electrons. The standard InChI is InChI=1S/C23H38N4O2/c28-22(17-5-1-2-6-17)26-15-9-18(10-16-26)25-13-11-19(12-14-25)27-21-8-4-3-7-20(21)24-23(27)29/h17-21H,1-16H2,(H,24,29). The summed E-state index contributed by atoms with van der Waals surface area (Å²) >= 11 is 0. The highest BCUT2D eigenvalue weighted by Gasteiger charge is 2.44. The summed E-state index contributed by atoms with van der Waals surface area (Å²) in [7, 11) is 0. The molecule has 3 saturated heterocycles. The summed E-state index contributed by atoms with van der Waals surface area (Å²) in [6, 6.07) is 2.08. The summed E-state index contributed by atoms with van der Waals surface area (Å²) in [4.78, 5) is 32.3. The maximum absolute atomic E-state index is 12.7. The average molecular weight is 403 g/mol. The first-order chi connectivity index (χ1) is 14.2. The number of fused-ring (bicyclic) bond motifs is 1. The van der Waals surface area contributed by atoms with Gasteiger partial charge in [-0.3, -0.25) is 4.79 Å². The van der Waals surface area contributed by atoms with E-state index in [0.29, 0.717) is 36.0 Å². The molecule has 0 aromatic rings. The first-order valence-corrected chi connectivity index (χ1v) is 12.3. The lowest BCUT2D eigenvalue weighted by Gasteiger charge is -2.44. The normalized spacial score (nSPS) is 33.2. The minimum absolute atomic E-state index is 0.194. The second-order valence-electron chi connectivity index (χ2n) is 10.1.